The molecule has 4 N–H and O–H groups in total. The maximum absolute atomic E-state index is 12.0. The molecule has 0 saturated heterocycles. The van der Waals surface area contributed by atoms with Crippen molar-refractivity contribution in [2.24, 2.45) is 0 Å². The number of hydrogen-bond acceptors (Lipinski definition) is 5. The van der Waals surface area contributed by atoms with Gasteiger partial charge >= 0.3 is 5.69 Å². The van der Waals surface area contributed by atoms with Crippen molar-refractivity contribution in [1.29, 1.82) is 0 Å². The average molecular weight is 282 g/mol. The Bertz CT molecular complexity index is 592. The summed E-state index contributed by atoms with van der Waals surface area (Å²) < 4.78 is 1.32. The molecule has 2 rings (SSSR count). The Kier molecular flexibility index (Phi) is 4.17. The van der Waals surface area contributed by atoms with Crippen molar-refractivity contribution in [2.45, 2.75) is 51.3 Å². The molecule has 1 fully saturated rings. The van der Waals surface area contributed by atoms with E-state index in [4.69, 9.17) is 5.73 Å². The second-order valence-electron chi connectivity index (χ2n) is 5.27. The molecule has 0 spiro atoms. The first-order valence-corrected chi connectivity index (χ1v) is 7.00. The number of hydrogen-bond donors (Lipinski definition) is 3. The molecule has 20 heavy (non-hydrogen) atoms. The van der Waals surface area contributed by atoms with Crippen LogP contribution < -0.4 is 21.9 Å². The zero-order valence-electron chi connectivity index (χ0n) is 11.9. The largest absolute Gasteiger partial charge is 0.391 e. The lowest BCUT2D eigenvalue weighted by atomic mass is 9.91. The highest BCUT2D eigenvalue weighted by atomic mass is 16.3. The summed E-state index contributed by atoms with van der Waals surface area (Å²) in [5.74, 6) is 0.154. The summed E-state index contributed by atoms with van der Waals surface area (Å²) in [5.41, 5.74) is 5.22. The summed E-state index contributed by atoms with van der Waals surface area (Å²) in [5, 5.41) is 10.1. The molecule has 0 aliphatic heterocycles. The SMILES string of the molecule is CCn1c(N)c(N(C)C2CCCCC2O)c(=O)[nH]c1=O. The van der Waals surface area contributed by atoms with Crippen LogP contribution in [0.5, 0.6) is 0 Å². The van der Waals surface area contributed by atoms with Crippen molar-refractivity contribution < 1.29 is 5.11 Å². The summed E-state index contributed by atoms with van der Waals surface area (Å²) in [4.78, 5) is 27.7. The number of aromatic amines is 1. The van der Waals surface area contributed by atoms with Crippen molar-refractivity contribution in [2.75, 3.05) is 17.7 Å². The Hall–Kier alpha value is -1.76. The Morgan fingerprint density at radius 1 is 1.40 bits per heavy atom. The first-order valence-electron chi connectivity index (χ1n) is 7.00. The molecule has 1 aromatic heterocycles. The molecule has 1 aliphatic rings. The normalized spacial score (nSPS) is 22.8. The van der Waals surface area contributed by atoms with Gasteiger partial charge in [-0.3, -0.25) is 14.3 Å². The number of nitrogens with two attached hydrogens (primary N) is 1. The number of nitrogens with one attached hydrogen (secondary N) is 1. The van der Waals surface area contributed by atoms with Crippen LogP contribution in [0.1, 0.15) is 32.6 Å². The fourth-order valence-electron chi connectivity index (χ4n) is 2.94. The van der Waals surface area contributed by atoms with E-state index in [1.54, 1.807) is 18.9 Å². The van der Waals surface area contributed by atoms with Gasteiger partial charge in [0.25, 0.3) is 5.56 Å². The van der Waals surface area contributed by atoms with Gasteiger partial charge in [0, 0.05) is 13.6 Å². The van der Waals surface area contributed by atoms with Crippen LogP contribution in [-0.4, -0.2) is 33.9 Å². The van der Waals surface area contributed by atoms with Crippen LogP contribution >= 0.6 is 0 Å². The van der Waals surface area contributed by atoms with Crippen LogP contribution in [0.15, 0.2) is 9.59 Å². The van der Waals surface area contributed by atoms with Gasteiger partial charge in [-0.1, -0.05) is 12.8 Å². The van der Waals surface area contributed by atoms with Crippen LogP contribution in [0.3, 0.4) is 0 Å². The zero-order valence-corrected chi connectivity index (χ0v) is 11.9. The van der Waals surface area contributed by atoms with Gasteiger partial charge in [-0.25, -0.2) is 4.79 Å². The number of rotatable bonds is 3. The van der Waals surface area contributed by atoms with Crippen LogP contribution in [0.2, 0.25) is 0 Å². The van der Waals surface area contributed by atoms with E-state index in [2.05, 4.69) is 4.98 Å². The molecule has 1 saturated carbocycles. The molecular formula is C13H22N4O3. The third-order valence-electron chi connectivity index (χ3n) is 4.07. The topological polar surface area (TPSA) is 104 Å². The van der Waals surface area contributed by atoms with Gasteiger partial charge in [-0.05, 0) is 19.8 Å². The minimum absolute atomic E-state index is 0.144. The minimum atomic E-state index is -0.503. The molecule has 7 nitrogen and oxygen atoms in total. The lowest BCUT2D eigenvalue weighted by molar-refractivity contribution is 0.106. The second kappa shape index (κ2) is 5.70. The first-order chi connectivity index (χ1) is 9.47. The summed E-state index contributed by atoms with van der Waals surface area (Å²) in [6.45, 7) is 2.17. The predicted octanol–water partition coefficient (Wildman–Crippen LogP) is -0.122. The highest BCUT2D eigenvalue weighted by Gasteiger charge is 2.29. The van der Waals surface area contributed by atoms with E-state index in [0.717, 1.165) is 25.7 Å². The smallest absolute Gasteiger partial charge is 0.330 e. The molecule has 1 aliphatic carbocycles. The van der Waals surface area contributed by atoms with Crippen molar-refractivity contribution in [3.63, 3.8) is 0 Å². The number of aliphatic hydroxyl groups excluding tert-OH is 1. The van der Waals surface area contributed by atoms with Gasteiger partial charge in [-0.2, -0.15) is 0 Å². The molecule has 7 heteroatoms. The van der Waals surface area contributed by atoms with Crippen LogP contribution in [0.4, 0.5) is 11.5 Å². The summed E-state index contributed by atoms with van der Waals surface area (Å²) >= 11 is 0. The summed E-state index contributed by atoms with van der Waals surface area (Å²) in [6.07, 6.45) is 3.06. The van der Waals surface area contributed by atoms with E-state index >= 15 is 0 Å². The summed E-state index contributed by atoms with van der Waals surface area (Å²) in [7, 11) is 1.74. The van der Waals surface area contributed by atoms with Crippen molar-refractivity contribution >= 4 is 11.5 Å². The molecule has 2 unspecified atom stereocenters. The van der Waals surface area contributed by atoms with E-state index in [1.165, 1.54) is 4.57 Å². The zero-order chi connectivity index (χ0) is 14.9. The first kappa shape index (κ1) is 14.6. The lowest BCUT2D eigenvalue weighted by Gasteiger charge is -2.36. The van der Waals surface area contributed by atoms with Gasteiger partial charge in [-0.15, -0.1) is 0 Å². The number of aliphatic hydroxyl groups is 1. The Balaban J connectivity index is 2.46. The number of H-pyrrole nitrogens is 1. The van der Waals surface area contributed by atoms with Crippen LogP contribution in [0.25, 0.3) is 0 Å². The minimum Gasteiger partial charge on any atom is -0.391 e. The Labute approximate surface area is 117 Å². The van der Waals surface area contributed by atoms with Gasteiger partial charge in [0.15, 0.2) is 0 Å². The highest BCUT2D eigenvalue weighted by molar-refractivity contribution is 5.62. The fourth-order valence-corrected chi connectivity index (χ4v) is 2.94. The Morgan fingerprint density at radius 3 is 2.65 bits per heavy atom. The number of aromatic nitrogens is 2. The molecule has 2 atom stereocenters. The fraction of sp³-hybridized carbons (Fsp3) is 0.692. The monoisotopic (exact) mass is 282 g/mol. The molecule has 1 heterocycles. The van der Waals surface area contributed by atoms with Gasteiger partial charge in [0.2, 0.25) is 0 Å². The number of nitrogen functional groups attached to an aromatic ring is 1. The lowest BCUT2D eigenvalue weighted by Crippen LogP contribution is -2.47. The predicted molar refractivity (Wildman–Crippen MR) is 78.1 cm³/mol. The number of anilines is 2. The van der Waals surface area contributed by atoms with Crippen molar-refractivity contribution in [1.82, 2.24) is 9.55 Å². The average Bonchev–Trinajstić information content (AvgIpc) is 2.39. The van der Waals surface area contributed by atoms with Crippen molar-refractivity contribution in [3.8, 4) is 0 Å². The maximum atomic E-state index is 12.0. The summed E-state index contributed by atoms with van der Waals surface area (Å²) in [6, 6.07) is -0.144. The molecule has 0 radical (unpaired) electrons. The quantitative estimate of drug-likeness (QED) is 0.717. The molecule has 0 bridgehead atoms. The number of nitrogens with zero attached hydrogens (tertiary/aromatic N) is 2. The van der Waals surface area contributed by atoms with E-state index in [1.807, 2.05) is 0 Å². The molecular weight excluding hydrogens is 260 g/mol. The molecule has 0 aromatic carbocycles. The van der Waals surface area contributed by atoms with E-state index in [-0.39, 0.29) is 17.5 Å². The van der Waals surface area contributed by atoms with E-state index in [9.17, 15) is 14.7 Å². The van der Waals surface area contributed by atoms with E-state index in [0.29, 0.717) is 6.54 Å². The third-order valence-corrected chi connectivity index (χ3v) is 4.07. The standard InChI is InChI=1S/C13H22N4O3/c1-3-17-11(14)10(12(19)15-13(17)20)16(2)8-6-4-5-7-9(8)18/h8-9,18H,3-7,14H2,1-2H3,(H,15,19,20). The molecule has 112 valence electrons. The molecule has 0 amide bonds. The van der Waals surface area contributed by atoms with Gasteiger partial charge in [0.05, 0.1) is 12.1 Å². The van der Waals surface area contributed by atoms with Gasteiger partial charge in [0.1, 0.15) is 11.5 Å². The van der Waals surface area contributed by atoms with Crippen LogP contribution in [0, 0.1) is 0 Å². The Morgan fingerprint density at radius 2 is 2.05 bits per heavy atom. The molecule has 1 aromatic rings. The van der Waals surface area contributed by atoms with Crippen LogP contribution in [-0.2, 0) is 6.54 Å². The third kappa shape index (κ3) is 2.45. The highest BCUT2D eigenvalue weighted by Crippen LogP contribution is 2.27. The second-order valence-corrected chi connectivity index (χ2v) is 5.27. The maximum Gasteiger partial charge on any atom is 0.330 e. The van der Waals surface area contributed by atoms with Gasteiger partial charge < -0.3 is 15.7 Å². The van der Waals surface area contributed by atoms with Crippen molar-refractivity contribution in [3.05, 3.63) is 20.8 Å². The number of likely N-dealkylation sites (N-methyl/N-ethyl adjacent to an activating group) is 1. The van der Waals surface area contributed by atoms with E-state index < -0.39 is 17.4 Å².